The number of hydrogen-bond donors (Lipinski definition) is 0. The molecule has 0 amide bonds. The van der Waals surface area contributed by atoms with Crippen LogP contribution in [0.4, 0.5) is 0 Å². The lowest BCUT2D eigenvalue weighted by atomic mass is 9.89. The van der Waals surface area contributed by atoms with Gasteiger partial charge in [-0.25, -0.2) is 4.98 Å². The molecule has 0 bridgehead atoms. The van der Waals surface area contributed by atoms with Gasteiger partial charge in [0.05, 0.1) is 16.6 Å². The first-order valence-electron chi connectivity index (χ1n) is 5.80. The van der Waals surface area contributed by atoms with Crippen molar-refractivity contribution in [1.29, 1.82) is 0 Å². The molecule has 0 saturated heterocycles. The summed E-state index contributed by atoms with van der Waals surface area (Å²) in [6.45, 7) is 6.26. The van der Waals surface area contributed by atoms with E-state index in [1.54, 1.807) is 11.3 Å². The van der Waals surface area contributed by atoms with Crippen LogP contribution in [0, 0.1) is 5.41 Å². The van der Waals surface area contributed by atoms with Crippen LogP contribution in [0.15, 0.2) is 24.3 Å². The highest BCUT2D eigenvalue weighted by atomic mass is 32.1. The summed E-state index contributed by atoms with van der Waals surface area (Å²) in [6, 6.07) is 8.01. The van der Waals surface area contributed by atoms with Crippen LogP contribution in [0.3, 0.4) is 0 Å². The van der Waals surface area contributed by atoms with Gasteiger partial charge in [-0.15, -0.1) is 11.3 Å². The summed E-state index contributed by atoms with van der Waals surface area (Å²) in [5.74, 6) is 0.275. The predicted octanol–water partition coefficient (Wildman–Crippen LogP) is 3.84. The van der Waals surface area contributed by atoms with E-state index < -0.39 is 0 Å². The van der Waals surface area contributed by atoms with E-state index in [4.69, 9.17) is 0 Å². The van der Waals surface area contributed by atoms with Crippen molar-refractivity contribution in [3.63, 3.8) is 0 Å². The third kappa shape index (κ3) is 3.37. The van der Waals surface area contributed by atoms with Crippen LogP contribution in [0.1, 0.15) is 32.2 Å². The Kier molecular flexibility index (Phi) is 3.29. The fraction of sp³-hybridized carbons (Fsp3) is 0.429. The molecule has 0 aliphatic heterocycles. The van der Waals surface area contributed by atoms with E-state index in [0.717, 1.165) is 15.2 Å². The zero-order chi connectivity index (χ0) is 12.5. The molecule has 0 fully saturated rings. The molecular formula is C14H17NOS. The van der Waals surface area contributed by atoms with Crippen molar-refractivity contribution in [2.24, 2.45) is 5.41 Å². The van der Waals surface area contributed by atoms with Crippen LogP contribution in [-0.2, 0) is 11.2 Å². The minimum atomic E-state index is 0.0633. The summed E-state index contributed by atoms with van der Waals surface area (Å²) in [4.78, 5) is 16.4. The lowest BCUT2D eigenvalue weighted by molar-refractivity contribution is -0.120. The normalized spacial score (nSPS) is 11.9. The fourth-order valence-corrected chi connectivity index (χ4v) is 2.81. The summed E-state index contributed by atoms with van der Waals surface area (Å²) < 4.78 is 1.16. The summed E-state index contributed by atoms with van der Waals surface area (Å²) in [6.07, 6.45) is 1.08. The van der Waals surface area contributed by atoms with Crippen LogP contribution >= 0.6 is 11.3 Å². The average Bonchev–Trinajstić information content (AvgIpc) is 2.55. The number of rotatable bonds is 3. The number of benzene rings is 1. The molecule has 0 unspecified atom stereocenters. The van der Waals surface area contributed by atoms with Crippen LogP contribution in [-0.4, -0.2) is 10.8 Å². The number of hydrogen-bond acceptors (Lipinski definition) is 3. The first-order valence-corrected chi connectivity index (χ1v) is 6.62. The minimum absolute atomic E-state index is 0.0633. The van der Waals surface area contributed by atoms with Crippen molar-refractivity contribution in [1.82, 2.24) is 4.98 Å². The predicted molar refractivity (Wildman–Crippen MR) is 72.4 cm³/mol. The van der Waals surface area contributed by atoms with Gasteiger partial charge in [-0.3, -0.25) is 4.79 Å². The van der Waals surface area contributed by atoms with E-state index in [1.807, 2.05) is 24.3 Å². The zero-order valence-corrected chi connectivity index (χ0v) is 11.3. The summed E-state index contributed by atoms with van der Waals surface area (Å²) in [5.41, 5.74) is 1.06. The van der Waals surface area contributed by atoms with Gasteiger partial charge in [0.1, 0.15) is 10.8 Å². The van der Waals surface area contributed by atoms with Crippen molar-refractivity contribution in [2.75, 3.05) is 0 Å². The van der Waals surface area contributed by atoms with Gasteiger partial charge >= 0.3 is 0 Å². The van der Waals surface area contributed by atoms with Gasteiger partial charge in [0.25, 0.3) is 0 Å². The quantitative estimate of drug-likeness (QED) is 0.824. The van der Waals surface area contributed by atoms with Gasteiger partial charge in [-0.1, -0.05) is 32.9 Å². The highest BCUT2D eigenvalue weighted by molar-refractivity contribution is 7.18. The highest BCUT2D eigenvalue weighted by Crippen LogP contribution is 2.24. The van der Waals surface area contributed by atoms with Gasteiger partial charge in [0.2, 0.25) is 0 Å². The molecule has 1 heterocycles. The van der Waals surface area contributed by atoms with Gasteiger partial charge < -0.3 is 0 Å². The van der Waals surface area contributed by atoms with Crippen LogP contribution in [0.5, 0.6) is 0 Å². The standard InChI is InChI=1S/C14H17NOS/c1-14(2,3)9-10(16)8-13-15-11-6-4-5-7-12(11)17-13/h4-7H,8-9H2,1-3H3. The van der Waals surface area contributed by atoms with Gasteiger partial charge in [0.15, 0.2) is 0 Å². The molecular weight excluding hydrogens is 230 g/mol. The molecule has 0 saturated carbocycles. The third-order valence-electron chi connectivity index (χ3n) is 2.41. The maximum absolute atomic E-state index is 11.9. The molecule has 90 valence electrons. The molecule has 0 atom stereocenters. The number of carbonyl (C=O) groups excluding carboxylic acids is 1. The van der Waals surface area contributed by atoms with Gasteiger partial charge in [-0.2, -0.15) is 0 Å². The number of carbonyl (C=O) groups is 1. The Bertz CT molecular complexity index is 503. The Balaban J connectivity index is 2.11. The Morgan fingerprint density at radius 3 is 2.65 bits per heavy atom. The minimum Gasteiger partial charge on any atom is -0.299 e. The number of thiazole rings is 1. The largest absolute Gasteiger partial charge is 0.299 e. The maximum Gasteiger partial charge on any atom is 0.140 e. The molecule has 3 heteroatoms. The summed E-state index contributed by atoms with van der Waals surface area (Å²) >= 11 is 1.62. The monoisotopic (exact) mass is 247 g/mol. The molecule has 2 aromatic rings. The molecule has 2 nitrogen and oxygen atoms in total. The fourth-order valence-electron chi connectivity index (χ4n) is 1.82. The van der Waals surface area contributed by atoms with Crippen molar-refractivity contribution < 1.29 is 4.79 Å². The van der Waals surface area contributed by atoms with E-state index in [9.17, 15) is 4.79 Å². The Morgan fingerprint density at radius 1 is 1.29 bits per heavy atom. The molecule has 0 N–H and O–H groups in total. The molecule has 17 heavy (non-hydrogen) atoms. The molecule has 1 aromatic heterocycles. The van der Waals surface area contributed by atoms with Crippen molar-refractivity contribution in [3.05, 3.63) is 29.3 Å². The van der Waals surface area contributed by atoms with Crippen molar-refractivity contribution in [3.8, 4) is 0 Å². The first kappa shape index (κ1) is 12.2. The van der Waals surface area contributed by atoms with Crippen LogP contribution < -0.4 is 0 Å². The topological polar surface area (TPSA) is 30.0 Å². The number of para-hydroxylation sites is 1. The second-order valence-corrected chi connectivity index (χ2v) is 6.64. The van der Waals surface area contributed by atoms with Crippen molar-refractivity contribution >= 4 is 27.3 Å². The Morgan fingerprint density at radius 2 is 2.00 bits per heavy atom. The van der Waals surface area contributed by atoms with E-state index in [1.165, 1.54) is 0 Å². The molecule has 0 aliphatic carbocycles. The number of aromatic nitrogens is 1. The third-order valence-corrected chi connectivity index (χ3v) is 3.45. The number of Topliss-reactive ketones (excluding diaryl/α,β-unsaturated/α-hetero) is 1. The molecule has 1 aromatic carbocycles. The van der Waals surface area contributed by atoms with Crippen LogP contribution in [0.25, 0.3) is 10.2 Å². The lowest BCUT2D eigenvalue weighted by Crippen LogP contribution is -2.14. The summed E-state index contributed by atoms with van der Waals surface area (Å²) in [5, 5.41) is 0.931. The van der Waals surface area contributed by atoms with E-state index in [2.05, 4.69) is 25.8 Å². The molecule has 0 aliphatic rings. The lowest BCUT2D eigenvalue weighted by Gasteiger charge is -2.15. The van der Waals surface area contributed by atoms with Gasteiger partial charge in [0, 0.05) is 6.42 Å². The van der Waals surface area contributed by atoms with Gasteiger partial charge in [-0.05, 0) is 17.5 Å². The second kappa shape index (κ2) is 4.57. The molecule has 0 radical (unpaired) electrons. The number of ketones is 1. The SMILES string of the molecule is CC(C)(C)CC(=O)Cc1nc2ccccc2s1. The molecule has 0 spiro atoms. The average molecular weight is 247 g/mol. The van der Waals surface area contributed by atoms with Crippen LogP contribution in [0.2, 0.25) is 0 Å². The highest BCUT2D eigenvalue weighted by Gasteiger charge is 2.17. The van der Waals surface area contributed by atoms with E-state index >= 15 is 0 Å². The van der Waals surface area contributed by atoms with E-state index in [-0.39, 0.29) is 11.2 Å². The first-order chi connectivity index (χ1) is 7.94. The Labute approximate surface area is 106 Å². The smallest absolute Gasteiger partial charge is 0.140 e. The number of fused-ring (bicyclic) bond motifs is 1. The maximum atomic E-state index is 11.9. The summed E-state index contributed by atoms with van der Waals surface area (Å²) in [7, 11) is 0. The zero-order valence-electron chi connectivity index (χ0n) is 10.5. The Hall–Kier alpha value is -1.22. The second-order valence-electron chi connectivity index (χ2n) is 5.53. The van der Waals surface area contributed by atoms with E-state index in [0.29, 0.717) is 12.8 Å². The molecule has 2 rings (SSSR count). The number of nitrogens with zero attached hydrogens (tertiary/aromatic N) is 1. The van der Waals surface area contributed by atoms with Crippen molar-refractivity contribution in [2.45, 2.75) is 33.6 Å².